The number of ether oxygens (including phenoxy) is 1. The van der Waals surface area contributed by atoms with Crippen LogP contribution in [0.15, 0.2) is 0 Å². The van der Waals surface area contributed by atoms with Crippen LogP contribution < -0.4 is 0 Å². The molecule has 3 nitrogen and oxygen atoms in total. The minimum Gasteiger partial charge on any atom is -0.464 e. The number of hydrogen-bond donors (Lipinski definition) is 0. The predicted molar refractivity (Wildman–Crippen MR) is 22.2 cm³/mol. The van der Waals surface area contributed by atoms with Crippen molar-refractivity contribution < 1.29 is 14.6 Å². The van der Waals surface area contributed by atoms with Gasteiger partial charge in [0.1, 0.15) is 0 Å². The topological polar surface area (TPSA) is 46.2 Å². The van der Waals surface area contributed by atoms with Crippen molar-refractivity contribution in [2.75, 3.05) is 13.2 Å². The van der Waals surface area contributed by atoms with Gasteiger partial charge in [-0.2, -0.15) is 0 Å². The smallest absolute Gasteiger partial charge is 0.335 e. The summed E-state index contributed by atoms with van der Waals surface area (Å²) in [6.07, 6.45) is 0. The molecule has 7 heavy (non-hydrogen) atoms. The van der Waals surface area contributed by atoms with Crippen molar-refractivity contribution in [3.63, 3.8) is 0 Å². The predicted octanol–water partition coefficient (Wildman–Crippen LogP) is -0.0200. The van der Waals surface area contributed by atoms with Crippen LogP contribution in [0.3, 0.4) is 0 Å². The van der Waals surface area contributed by atoms with Crippen molar-refractivity contribution in [2.24, 2.45) is 0 Å². The van der Waals surface area contributed by atoms with Crippen molar-refractivity contribution in [3.8, 4) is 0 Å². The van der Waals surface area contributed by atoms with E-state index < -0.39 is 12.6 Å². The number of carbonyl (C=O) groups excluding carboxylic acids is 1. The summed E-state index contributed by atoms with van der Waals surface area (Å²) in [6, 6.07) is 0. The largest absolute Gasteiger partial charge is 0.464 e. The maximum absolute atomic E-state index is 9.88. The summed E-state index contributed by atoms with van der Waals surface area (Å²) in [6.45, 7) is 1.18. The molecule has 0 bridgehead atoms. The van der Waals surface area contributed by atoms with Crippen LogP contribution in [0, 0.1) is 0 Å². The molecule has 0 aromatic heterocycles. The summed E-state index contributed by atoms with van der Waals surface area (Å²) < 4.78 is 4.24. The molecule has 3 heteroatoms. The van der Waals surface area contributed by atoms with Crippen LogP contribution in [0.5, 0.6) is 0 Å². The fraction of sp³-hybridized carbons (Fsp3) is 0.750. The van der Waals surface area contributed by atoms with E-state index in [1.54, 1.807) is 6.92 Å². The Morgan fingerprint density at radius 2 is 2.29 bits per heavy atom. The lowest BCUT2D eigenvalue weighted by Crippen LogP contribution is -2.06. The van der Waals surface area contributed by atoms with Crippen molar-refractivity contribution in [1.29, 1.82) is 0 Å². The maximum Gasteiger partial charge on any atom is 0.335 e. The van der Waals surface area contributed by atoms with Crippen LogP contribution in [0.2, 0.25) is 0 Å². The van der Waals surface area contributed by atoms with Gasteiger partial charge in [0.15, 0.2) is 6.61 Å². The SMILES string of the molecule is CCOC(=O)C[O]. The second-order valence-corrected chi connectivity index (χ2v) is 0.949. The second-order valence-electron chi connectivity index (χ2n) is 0.949. The molecule has 0 spiro atoms. The molecule has 41 valence electrons. The van der Waals surface area contributed by atoms with Crippen molar-refractivity contribution in [2.45, 2.75) is 6.92 Å². The van der Waals surface area contributed by atoms with Gasteiger partial charge in [-0.05, 0) is 6.92 Å². The van der Waals surface area contributed by atoms with E-state index in [9.17, 15) is 9.90 Å². The van der Waals surface area contributed by atoms with Crippen LogP contribution in [0.1, 0.15) is 6.92 Å². The summed E-state index contributed by atoms with van der Waals surface area (Å²) in [7, 11) is 0. The van der Waals surface area contributed by atoms with Gasteiger partial charge in [0.05, 0.1) is 6.61 Å². The van der Waals surface area contributed by atoms with Gasteiger partial charge in [-0.15, -0.1) is 0 Å². The molecule has 0 rings (SSSR count). The molecule has 0 aromatic rings. The monoisotopic (exact) mass is 103 g/mol. The van der Waals surface area contributed by atoms with Crippen LogP contribution in [-0.4, -0.2) is 19.2 Å². The summed E-state index contributed by atoms with van der Waals surface area (Å²) >= 11 is 0. The van der Waals surface area contributed by atoms with E-state index >= 15 is 0 Å². The quantitative estimate of drug-likeness (QED) is 0.461. The second kappa shape index (κ2) is 3.61. The molecule has 0 amide bonds. The molecule has 0 saturated carbocycles. The fourth-order valence-electron chi connectivity index (χ4n) is 0.203. The highest BCUT2D eigenvalue weighted by Gasteiger charge is 1.94. The zero-order chi connectivity index (χ0) is 5.70. The zero-order valence-corrected chi connectivity index (χ0v) is 4.14. The van der Waals surface area contributed by atoms with Gasteiger partial charge in [-0.25, -0.2) is 9.90 Å². The van der Waals surface area contributed by atoms with Crippen molar-refractivity contribution in [1.82, 2.24) is 0 Å². The molecule has 0 fully saturated rings. The van der Waals surface area contributed by atoms with Gasteiger partial charge in [-0.1, -0.05) is 0 Å². The number of rotatable bonds is 2. The van der Waals surface area contributed by atoms with Gasteiger partial charge >= 0.3 is 5.97 Å². The Hall–Kier alpha value is -0.570. The van der Waals surface area contributed by atoms with Gasteiger partial charge in [0.25, 0.3) is 0 Å². The fourth-order valence-corrected chi connectivity index (χ4v) is 0.203. The van der Waals surface area contributed by atoms with E-state index in [1.165, 1.54) is 0 Å². The number of carbonyl (C=O) groups is 1. The summed E-state index contributed by atoms with van der Waals surface area (Å²) in [5, 5.41) is 9.55. The third-order valence-electron chi connectivity index (χ3n) is 0.423. The number of hydrogen-bond acceptors (Lipinski definition) is 2. The average Bonchev–Trinajstić information content (AvgIpc) is 1.68. The highest BCUT2D eigenvalue weighted by molar-refractivity contribution is 5.70. The minimum atomic E-state index is -0.770. The molecule has 0 atom stereocenters. The molecular formula is C4H7O3. The molecule has 0 heterocycles. The van der Waals surface area contributed by atoms with Crippen LogP contribution in [0.4, 0.5) is 0 Å². The van der Waals surface area contributed by atoms with Crippen LogP contribution in [-0.2, 0) is 14.6 Å². The molecule has 0 aliphatic rings. The van der Waals surface area contributed by atoms with E-state index in [-0.39, 0.29) is 0 Å². The Labute approximate surface area is 41.9 Å². The molecule has 0 aliphatic carbocycles. The van der Waals surface area contributed by atoms with Gasteiger partial charge in [0, 0.05) is 0 Å². The summed E-state index contributed by atoms with van der Waals surface area (Å²) in [4.78, 5) is 9.88. The Kier molecular flexibility index (Phi) is 3.32. The molecule has 1 radical (unpaired) electrons. The standard InChI is InChI=1S/C4H7O3/c1-2-7-4(6)3-5/h2-3H2,1H3. The average molecular weight is 103 g/mol. The highest BCUT2D eigenvalue weighted by Crippen LogP contribution is 1.72. The number of esters is 1. The lowest BCUT2D eigenvalue weighted by atomic mass is 10.7. The van der Waals surface area contributed by atoms with Crippen LogP contribution >= 0.6 is 0 Å². The molecular weight excluding hydrogens is 96.0 g/mol. The maximum atomic E-state index is 9.88. The summed E-state index contributed by atoms with van der Waals surface area (Å²) in [5.41, 5.74) is 0. The van der Waals surface area contributed by atoms with Gasteiger partial charge in [0.2, 0.25) is 0 Å². The first-order chi connectivity index (χ1) is 3.31. The third-order valence-corrected chi connectivity index (χ3v) is 0.423. The Bertz CT molecular complexity index is 60.0. The van der Waals surface area contributed by atoms with E-state index in [0.29, 0.717) is 6.61 Å². The molecule has 0 N–H and O–H groups in total. The highest BCUT2D eigenvalue weighted by atomic mass is 16.5. The summed E-state index contributed by atoms with van der Waals surface area (Å²) in [5.74, 6) is -0.678. The minimum absolute atomic E-state index is 0.293. The van der Waals surface area contributed by atoms with Crippen molar-refractivity contribution >= 4 is 5.97 Å². The first-order valence-electron chi connectivity index (χ1n) is 2.05. The molecule has 0 saturated heterocycles. The molecule has 0 aromatic carbocycles. The Balaban J connectivity index is 3.00. The van der Waals surface area contributed by atoms with E-state index in [2.05, 4.69) is 4.74 Å². The van der Waals surface area contributed by atoms with E-state index in [1.807, 2.05) is 0 Å². The van der Waals surface area contributed by atoms with Crippen LogP contribution in [0.25, 0.3) is 0 Å². The Morgan fingerprint density at radius 1 is 1.71 bits per heavy atom. The molecule has 0 aliphatic heterocycles. The zero-order valence-electron chi connectivity index (χ0n) is 4.14. The first-order valence-corrected chi connectivity index (χ1v) is 2.05. The normalized spacial score (nSPS) is 8.29. The Morgan fingerprint density at radius 3 is 2.43 bits per heavy atom. The molecule has 0 unspecified atom stereocenters. The lowest BCUT2D eigenvalue weighted by molar-refractivity contribution is -0.148. The van der Waals surface area contributed by atoms with E-state index in [0.717, 1.165) is 0 Å². The lowest BCUT2D eigenvalue weighted by Gasteiger charge is -1.92. The third kappa shape index (κ3) is 3.26. The van der Waals surface area contributed by atoms with Gasteiger partial charge in [-0.3, -0.25) is 0 Å². The van der Waals surface area contributed by atoms with Crippen molar-refractivity contribution in [3.05, 3.63) is 0 Å². The van der Waals surface area contributed by atoms with Gasteiger partial charge < -0.3 is 4.74 Å². The first kappa shape index (κ1) is 6.43. The van der Waals surface area contributed by atoms with E-state index in [4.69, 9.17) is 0 Å².